The molecule has 0 fully saturated rings. The van der Waals surface area contributed by atoms with Crippen molar-refractivity contribution in [3.05, 3.63) is 83.9 Å². The van der Waals surface area contributed by atoms with E-state index in [1.54, 1.807) is 55.5 Å². The number of ether oxygens (including phenoxy) is 1. The summed E-state index contributed by atoms with van der Waals surface area (Å²) in [4.78, 5) is 12.4. The predicted molar refractivity (Wildman–Crippen MR) is 114 cm³/mol. The number of nitrogens with one attached hydrogen (secondary N) is 2. The van der Waals surface area contributed by atoms with Gasteiger partial charge in [-0.1, -0.05) is 35.9 Å². The zero-order valence-corrected chi connectivity index (χ0v) is 17.1. The number of rotatable bonds is 7. The molecule has 0 bridgehead atoms. The summed E-state index contributed by atoms with van der Waals surface area (Å²) < 4.78 is 33.3. The molecule has 0 spiro atoms. The fourth-order valence-corrected chi connectivity index (χ4v) is 3.70. The third-order valence-electron chi connectivity index (χ3n) is 3.93. The molecule has 0 saturated carbocycles. The van der Waals surface area contributed by atoms with E-state index >= 15 is 0 Å². The van der Waals surface area contributed by atoms with Crippen LogP contribution in [0.25, 0.3) is 0 Å². The van der Waals surface area contributed by atoms with E-state index in [0.29, 0.717) is 22.1 Å². The number of amides is 1. The van der Waals surface area contributed by atoms with Crippen molar-refractivity contribution >= 4 is 38.9 Å². The van der Waals surface area contributed by atoms with Crippen LogP contribution < -0.4 is 14.8 Å². The van der Waals surface area contributed by atoms with Crippen LogP contribution in [0.1, 0.15) is 6.92 Å². The van der Waals surface area contributed by atoms with Gasteiger partial charge in [0.05, 0.1) is 4.90 Å². The Morgan fingerprint density at radius 3 is 2.31 bits per heavy atom. The van der Waals surface area contributed by atoms with Gasteiger partial charge in [-0.25, -0.2) is 8.42 Å². The highest BCUT2D eigenvalue weighted by molar-refractivity contribution is 7.92. The van der Waals surface area contributed by atoms with E-state index in [1.165, 1.54) is 12.1 Å². The molecular weight excluding hydrogens is 412 g/mol. The Morgan fingerprint density at radius 1 is 0.931 bits per heavy atom. The molecule has 3 aromatic carbocycles. The first-order valence-electron chi connectivity index (χ1n) is 8.74. The summed E-state index contributed by atoms with van der Waals surface area (Å²) in [6.07, 6.45) is -0.759. The number of anilines is 2. The Morgan fingerprint density at radius 2 is 1.62 bits per heavy atom. The zero-order chi connectivity index (χ0) is 20.9. The summed E-state index contributed by atoms with van der Waals surface area (Å²) >= 11 is 5.82. The van der Waals surface area contributed by atoms with Crippen LogP contribution in [0.3, 0.4) is 0 Å². The molecule has 0 aliphatic heterocycles. The lowest BCUT2D eigenvalue weighted by Gasteiger charge is -2.15. The Bertz CT molecular complexity index is 1090. The summed E-state index contributed by atoms with van der Waals surface area (Å²) in [5.74, 6) is 0.174. The van der Waals surface area contributed by atoms with Crippen LogP contribution >= 0.6 is 11.6 Å². The number of sulfonamides is 1. The third-order valence-corrected chi connectivity index (χ3v) is 5.56. The highest BCUT2D eigenvalue weighted by Gasteiger charge is 2.18. The zero-order valence-electron chi connectivity index (χ0n) is 15.5. The first-order valence-corrected chi connectivity index (χ1v) is 10.6. The number of carbonyl (C=O) groups excluding carboxylic acids is 1. The van der Waals surface area contributed by atoms with Crippen molar-refractivity contribution in [2.75, 3.05) is 10.0 Å². The molecule has 0 radical (unpaired) electrons. The van der Waals surface area contributed by atoms with E-state index in [2.05, 4.69) is 10.0 Å². The van der Waals surface area contributed by atoms with Gasteiger partial charge >= 0.3 is 0 Å². The molecule has 2 N–H and O–H groups in total. The van der Waals surface area contributed by atoms with Crippen molar-refractivity contribution in [3.63, 3.8) is 0 Å². The molecule has 8 heteroatoms. The molecular formula is C21H19ClN2O4S. The number of carbonyl (C=O) groups is 1. The second-order valence-electron chi connectivity index (χ2n) is 6.20. The molecule has 1 atom stereocenters. The molecule has 0 saturated heterocycles. The number of halogens is 1. The summed E-state index contributed by atoms with van der Waals surface area (Å²) in [6, 6.07) is 21.2. The Balaban J connectivity index is 1.69. The molecule has 3 rings (SSSR count). The smallest absolute Gasteiger partial charge is 0.265 e. The number of hydrogen-bond donors (Lipinski definition) is 2. The summed E-state index contributed by atoms with van der Waals surface area (Å²) in [7, 11) is -3.83. The predicted octanol–water partition coefficient (Wildman–Crippen LogP) is 4.55. The second-order valence-corrected chi connectivity index (χ2v) is 8.32. The molecule has 3 aromatic rings. The Labute approximate surface area is 174 Å². The summed E-state index contributed by atoms with van der Waals surface area (Å²) in [5.41, 5.74) is 0.728. The number of benzene rings is 3. The second kappa shape index (κ2) is 8.98. The van der Waals surface area contributed by atoms with Crippen molar-refractivity contribution in [1.29, 1.82) is 0 Å². The molecule has 29 heavy (non-hydrogen) atoms. The fraction of sp³-hybridized carbons (Fsp3) is 0.0952. The maximum Gasteiger partial charge on any atom is 0.265 e. The minimum Gasteiger partial charge on any atom is -0.481 e. The van der Waals surface area contributed by atoms with E-state index in [9.17, 15) is 13.2 Å². The number of hydrogen-bond acceptors (Lipinski definition) is 4. The van der Waals surface area contributed by atoms with Gasteiger partial charge in [-0.15, -0.1) is 0 Å². The highest BCUT2D eigenvalue weighted by atomic mass is 35.5. The van der Waals surface area contributed by atoms with Crippen LogP contribution in [-0.4, -0.2) is 20.4 Å². The average molecular weight is 431 g/mol. The van der Waals surface area contributed by atoms with Gasteiger partial charge in [0.2, 0.25) is 0 Å². The highest BCUT2D eigenvalue weighted by Crippen LogP contribution is 2.21. The molecule has 6 nitrogen and oxygen atoms in total. The Kier molecular flexibility index (Phi) is 6.41. The van der Waals surface area contributed by atoms with E-state index in [1.807, 2.05) is 18.2 Å². The van der Waals surface area contributed by atoms with Crippen LogP contribution in [0.4, 0.5) is 11.4 Å². The molecule has 150 valence electrons. The third kappa shape index (κ3) is 5.73. The summed E-state index contributed by atoms with van der Waals surface area (Å²) in [6.45, 7) is 1.62. The van der Waals surface area contributed by atoms with Crippen LogP contribution in [0, 0.1) is 0 Å². The lowest BCUT2D eigenvalue weighted by atomic mass is 10.3. The van der Waals surface area contributed by atoms with Crippen molar-refractivity contribution in [2.45, 2.75) is 17.9 Å². The van der Waals surface area contributed by atoms with Crippen molar-refractivity contribution in [2.24, 2.45) is 0 Å². The van der Waals surface area contributed by atoms with Crippen LogP contribution in [0.15, 0.2) is 83.8 Å². The first kappa shape index (κ1) is 20.7. The van der Waals surface area contributed by atoms with Crippen LogP contribution in [0.2, 0.25) is 5.02 Å². The van der Waals surface area contributed by atoms with Crippen molar-refractivity contribution < 1.29 is 17.9 Å². The Hall–Kier alpha value is -3.03. The van der Waals surface area contributed by atoms with Gasteiger partial charge in [-0.3, -0.25) is 9.52 Å². The first-order chi connectivity index (χ1) is 13.8. The van der Waals surface area contributed by atoms with E-state index in [0.717, 1.165) is 0 Å². The molecule has 0 aliphatic rings. The maximum atomic E-state index is 12.6. The monoisotopic (exact) mass is 430 g/mol. The van der Waals surface area contributed by atoms with Gasteiger partial charge in [0.25, 0.3) is 15.9 Å². The maximum absolute atomic E-state index is 12.6. The molecule has 0 heterocycles. The largest absolute Gasteiger partial charge is 0.481 e. The van der Waals surface area contributed by atoms with Gasteiger partial charge in [0.15, 0.2) is 6.10 Å². The molecule has 1 unspecified atom stereocenters. The summed E-state index contributed by atoms with van der Waals surface area (Å²) in [5, 5.41) is 3.18. The molecule has 0 aliphatic carbocycles. The SMILES string of the molecule is CC(Oc1ccccc1)C(=O)Nc1cccc(S(=O)(=O)Nc2ccc(Cl)cc2)c1. The van der Waals surface area contributed by atoms with E-state index in [4.69, 9.17) is 16.3 Å². The minimum absolute atomic E-state index is 0.0156. The minimum atomic E-state index is -3.83. The standard InChI is InChI=1S/C21H19ClN2O4S/c1-15(28-19-7-3-2-4-8-19)21(25)23-18-6-5-9-20(14-18)29(26,27)24-17-12-10-16(22)11-13-17/h2-15,24H,1H3,(H,23,25). The fourth-order valence-electron chi connectivity index (χ4n) is 2.47. The molecule has 1 amide bonds. The van der Waals surface area contributed by atoms with Gasteiger partial charge < -0.3 is 10.1 Å². The topological polar surface area (TPSA) is 84.5 Å². The number of para-hydroxylation sites is 1. The average Bonchev–Trinajstić information content (AvgIpc) is 2.70. The van der Waals surface area contributed by atoms with Crippen LogP contribution in [-0.2, 0) is 14.8 Å². The lowest BCUT2D eigenvalue weighted by molar-refractivity contribution is -0.122. The van der Waals surface area contributed by atoms with E-state index in [-0.39, 0.29) is 4.90 Å². The van der Waals surface area contributed by atoms with Gasteiger partial charge in [-0.05, 0) is 61.5 Å². The lowest BCUT2D eigenvalue weighted by Crippen LogP contribution is -2.30. The quantitative estimate of drug-likeness (QED) is 0.576. The van der Waals surface area contributed by atoms with Crippen molar-refractivity contribution in [3.8, 4) is 5.75 Å². The van der Waals surface area contributed by atoms with Crippen LogP contribution in [0.5, 0.6) is 5.75 Å². The van der Waals surface area contributed by atoms with Gasteiger partial charge in [0.1, 0.15) is 5.75 Å². The van der Waals surface area contributed by atoms with Gasteiger partial charge in [0, 0.05) is 16.4 Å². The normalized spacial score (nSPS) is 12.1. The van der Waals surface area contributed by atoms with E-state index < -0.39 is 22.0 Å². The van der Waals surface area contributed by atoms with Gasteiger partial charge in [-0.2, -0.15) is 0 Å². The molecule has 0 aromatic heterocycles. The van der Waals surface area contributed by atoms with Crippen molar-refractivity contribution in [1.82, 2.24) is 0 Å².